The lowest BCUT2D eigenvalue weighted by Gasteiger charge is -2.05. The summed E-state index contributed by atoms with van der Waals surface area (Å²) in [7, 11) is 0. The van der Waals surface area contributed by atoms with Crippen molar-refractivity contribution in [1.82, 2.24) is 5.32 Å². The quantitative estimate of drug-likeness (QED) is 0.569. The highest BCUT2D eigenvalue weighted by atomic mass is 16.1. The number of nitrogens with one attached hydrogen (secondary N) is 1. The number of carbonyl (C=O) groups is 1. The molecule has 2 heteroatoms. The van der Waals surface area contributed by atoms with Gasteiger partial charge in [0, 0.05) is 7.97 Å². The van der Waals surface area contributed by atoms with Crippen molar-refractivity contribution in [1.29, 1.82) is 0 Å². The second-order valence-electron chi connectivity index (χ2n) is 2.68. The molecule has 1 N–H and O–H groups in total. The monoisotopic (exact) mass is 129 g/mol. The van der Waals surface area contributed by atoms with Gasteiger partial charge in [0.25, 0.3) is 0 Å². The molecular weight excluding hydrogens is 114 g/mol. The Morgan fingerprint density at radius 1 is 1.56 bits per heavy atom. The molecule has 0 aliphatic heterocycles. The molecule has 0 saturated heterocycles. The third-order valence-electron chi connectivity index (χ3n) is 1.96. The Balaban J connectivity index is 0.000000810. The molecule has 0 radical (unpaired) electrons. The predicted octanol–water partition coefficient (Wildman–Crippen LogP) is 1.17. The Bertz CT molecular complexity index is 91.6. The second kappa shape index (κ2) is 3.49. The molecule has 0 atom stereocenters. The fourth-order valence-corrected chi connectivity index (χ4v) is 1.43. The summed E-state index contributed by atoms with van der Waals surface area (Å²) in [6.45, 7) is 0.892. The summed E-state index contributed by atoms with van der Waals surface area (Å²) >= 11 is 0. The maximum absolute atomic E-state index is 9.85. The van der Waals surface area contributed by atoms with E-state index in [1.807, 2.05) is 0 Å². The highest BCUT2D eigenvalue weighted by molar-refractivity contribution is 5.45. The first-order valence-electron chi connectivity index (χ1n) is 3.60. The van der Waals surface area contributed by atoms with E-state index in [0.717, 1.165) is 18.9 Å². The molecule has 1 saturated carbocycles. The van der Waals surface area contributed by atoms with Gasteiger partial charge in [0.15, 0.2) is 0 Å². The molecule has 0 bridgehead atoms. The lowest BCUT2D eigenvalue weighted by atomic mass is 10.1. The summed E-state index contributed by atoms with van der Waals surface area (Å²) in [6.07, 6.45) is 6.11. The molecule has 54 valence electrons. The number of carbonyl (C=O) groups excluding carboxylic acids is 1. The SMILES string of the molecule is O=CNCC1CCCC1.[HH]. The topological polar surface area (TPSA) is 29.1 Å². The van der Waals surface area contributed by atoms with Gasteiger partial charge in [-0.05, 0) is 18.8 Å². The minimum atomic E-state index is 0. The minimum Gasteiger partial charge on any atom is -0.358 e. The van der Waals surface area contributed by atoms with Crippen LogP contribution in [0.1, 0.15) is 27.1 Å². The van der Waals surface area contributed by atoms with Crippen LogP contribution < -0.4 is 5.32 Å². The van der Waals surface area contributed by atoms with Crippen molar-refractivity contribution < 1.29 is 6.22 Å². The van der Waals surface area contributed by atoms with Crippen LogP contribution in [-0.2, 0) is 4.79 Å². The van der Waals surface area contributed by atoms with Crippen molar-refractivity contribution in [3.05, 3.63) is 0 Å². The molecule has 1 rings (SSSR count). The van der Waals surface area contributed by atoms with Crippen LogP contribution in [0.3, 0.4) is 0 Å². The molecule has 0 unspecified atom stereocenters. The Kier molecular flexibility index (Phi) is 2.55. The number of hydrogen-bond acceptors (Lipinski definition) is 1. The van der Waals surface area contributed by atoms with Crippen molar-refractivity contribution in [3.8, 4) is 0 Å². The predicted molar refractivity (Wildman–Crippen MR) is 38.1 cm³/mol. The van der Waals surface area contributed by atoms with E-state index in [0.29, 0.717) is 0 Å². The van der Waals surface area contributed by atoms with Gasteiger partial charge in [-0.1, -0.05) is 12.8 Å². The van der Waals surface area contributed by atoms with Gasteiger partial charge in [-0.3, -0.25) is 4.79 Å². The van der Waals surface area contributed by atoms with E-state index in [1.165, 1.54) is 25.7 Å². The van der Waals surface area contributed by atoms with Crippen molar-refractivity contribution in [2.75, 3.05) is 6.54 Å². The Morgan fingerprint density at radius 2 is 2.22 bits per heavy atom. The van der Waals surface area contributed by atoms with Gasteiger partial charge in [-0.25, -0.2) is 0 Å². The van der Waals surface area contributed by atoms with Crippen LogP contribution >= 0.6 is 0 Å². The molecule has 1 aliphatic rings. The summed E-state index contributed by atoms with van der Waals surface area (Å²) < 4.78 is 0. The van der Waals surface area contributed by atoms with Gasteiger partial charge in [-0.15, -0.1) is 0 Å². The fourth-order valence-electron chi connectivity index (χ4n) is 1.43. The van der Waals surface area contributed by atoms with Gasteiger partial charge in [0.1, 0.15) is 0 Å². The van der Waals surface area contributed by atoms with Gasteiger partial charge >= 0.3 is 0 Å². The first-order chi connectivity index (χ1) is 4.43. The van der Waals surface area contributed by atoms with Gasteiger partial charge in [-0.2, -0.15) is 0 Å². The van der Waals surface area contributed by atoms with Crippen LogP contribution in [0.5, 0.6) is 0 Å². The van der Waals surface area contributed by atoms with E-state index in [2.05, 4.69) is 5.32 Å². The molecule has 0 aromatic carbocycles. The maximum atomic E-state index is 9.85. The summed E-state index contributed by atoms with van der Waals surface area (Å²) in [6, 6.07) is 0. The average Bonchev–Trinajstić information content (AvgIpc) is 2.34. The van der Waals surface area contributed by atoms with Crippen LogP contribution in [0, 0.1) is 5.92 Å². The Labute approximate surface area is 57.1 Å². The normalized spacial score (nSPS) is 20.0. The first kappa shape index (κ1) is 6.59. The summed E-state index contributed by atoms with van der Waals surface area (Å²) in [5.41, 5.74) is 0. The fraction of sp³-hybridized carbons (Fsp3) is 0.857. The molecule has 1 fully saturated rings. The summed E-state index contributed by atoms with van der Waals surface area (Å²) in [4.78, 5) is 9.85. The molecule has 9 heavy (non-hydrogen) atoms. The van der Waals surface area contributed by atoms with Crippen LogP contribution in [0.15, 0.2) is 0 Å². The van der Waals surface area contributed by atoms with Crippen molar-refractivity contribution in [2.45, 2.75) is 25.7 Å². The smallest absolute Gasteiger partial charge is 0.207 e. The average molecular weight is 129 g/mol. The lowest BCUT2D eigenvalue weighted by molar-refractivity contribution is -0.109. The van der Waals surface area contributed by atoms with Crippen LogP contribution in [-0.4, -0.2) is 13.0 Å². The van der Waals surface area contributed by atoms with Crippen molar-refractivity contribution >= 4 is 6.41 Å². The van der Waals surface area contributed by atoms with Gasteiger partial charge in [0.05, 0.1) is 0 Å². The molecular formula is C7H15NO. The summed E-state index contributed by atoms with van der Waals surface area (Å²) in [5.74, 6) is 0.773. The molecule has 1 amide bonds. The van der Waals surface area contributed by atoms with Crippen molar-refractivity contribution in [2.24, 2.45) is 5.92 Å². The second-order valence-corrected chi connectivity index (χ2v) is 2.68. The lowest BCUT2D eigenvalue weighted by Crippen LogP contribution is -2.18. The standard InChI is InChI=1S/C7H13NO.H2/c9-6-8-5-7-3-1-2-4-7;/h6-7H,1-5H2,(H,8,9);1H. The third-order valence-corrected chi connectivity index (χ3v) is 1.96. The zero-order chi connectivity index (χ0) is 6.53. The maximum Gasteiger partial charge on any atom is 0.207 e. The van der Waals surface area contributed by atoms with E-state index in [9.17, 15) is 4.79 Å². The van der Waals surface area contributed by atoms with Crippen LogP contribution in [0.25, 0.3) is 0 Å². The van der Waals surface area contributed by atoms with E-state index in [1.54, 1.807) is 0 Å². The van der Waals surface area contributed by atoms with Crippen molar-refractivity contribution in [3.63, 3.8) is 0 Å². The minimum absolute atomic E-state index is 0. The first-order valence-corrected chi connectivity index (χ1v) is 3.60. The zero-order valence-corrected chi connectivity index (χ0v) is 5.60. The summed E-state index contributed by atoms with van der Waals surface area (Å²) in [5, 5.41) is 2.71. The van der Waals surface area contributed by atoms with E-state index >= 15 is 0 Å². The molecule has 0 aromatic heterocycles. The van der Waals surface area contributed by atoms with Crippen LogP contribution in [0.2, 0.25) is 0 Å². The van der Waals surface area contributed by atoms with Gasteiger partial charge in [0.2, 0.25) is 6.41 Å². The Hall–Kier alpha value is -0.530. The molecule has 2 nitrogen and oxygen atoms in total. The van der Waals surface area contributed by atoms with E-state index < -0.39 is 0 Å². The van der Waals surface area contributed by atoms with E-state index in [4.69, 9.17) is 0 Å². The highest BCUT2D eigenvalue weighted by Gasteiger charge is 2.13. The van der Waals surface area contributed by atoms with E-state index in [-0.39, 0.29) is 1.43 Å². The molecule has 0 spiro atoms. The molecule has 0 aromatic rings. The van der Waals surface area contributed by atoms with Gasteiger partial charge < -0.3 is 5.32 Å². The number of amides is 1. The number of hydrogen-bond donors (Lipinski definition) is 1. The molecule has 1 aliphatic carbocycles. The zero-order valence-electron chi connectivity index (χ0n) is 5.60. The third kappa shape index (κ3) is 2.04. The Morgan fingerprint density at radius 3 is 2.78 bits per heavy atom. The largest absolute Gasteiger partial charge is 0.358 e. The molecule has 0 heterocycles. The van der Waals surface area contributed by atoms with Crippen LogP contribution in [0.4, 0.5) is 0 Å². The number of rotatable bonds is 3. The highest BCUT2D eigenvalue weighted by Crippen LogP contribution is 2.23.